The lowest BCUT2D eigenvalue weighted by molar-refractivity contribution is -0.131. The molecule has 0 radical (unpaired) electrons. The molecular formula is C18H24ClFN2O3. The van der Waals surface area contributed by atoms with E-state index in [-0.39, 0.29) is 48.3 Å². The van der Waals surface area contributed by atoms with Crippen molar-refractivity contribution in [3.8, 4) is 5.75 Å². The highest BCUT2D eigenvalue weighted by molar-refractivity contribution is 5.98. The highest BCUT2D eigenvalue weighted by Gasteiger charge is 2.31. The van der Waals surface area contributed by atoms with Crippen molar-refractivity contribution in [1.29, 1.82) is 0 Å². The van der Waals surface area contributed by atoms with Crippen LogP contribution in [0.3, 0.4) is 0 Å². The Morgan fingerprint density at radius 3 is 2.72 bits per heavy atom. The van der Waals surface area contributed by atoms with Crippen LogP contribution in [0.25, 0.3) is 0 Å². The van der Waals surface area contributed by atoms with Crippen LogP contribution in [-0.4, -0.2) is 48.9 Å². The van der Waals surface area contributed by atoms with Crippen LogP contribution < -0.4 is 10.1 Å². The van der Waals surface area contributed by atoms with Crippen molar-refractivity contribution >= 4 is 24.1 Å². The third-order valence-electron chi connectivity index (χ3n) is 4.92. The van der Waals surface area contributed by atoms with E-state index in [0.29, 0.717) is 12.1 Å². The first-order valence-electron chi connectivity index (χ1n) is 8.47. The average molecular weight is 371 g/mol. The Bertz CT molecular complexity index is 641. The molecule has 2 atom stereocenters. The van der Waals surface area contributed by atoms with E-state index in [4.69, 9.17) is 4.74 Å². The minimum Gasteiger partial charge on any atom is -0.494 e. The van der Waals surface area contributed by atoms with Gasteiger partial charge in [0.25, 0.3) is 0 Å². The van der Waals surface area contributed by atoms with E-state index >= 15 is 0 Å². The molecule has 1 amide bonds. The molecule has 1 aromatic rings. The van der Waals surface area contributed by atoms with Gasteiger partial charge in [-0.2, -0.15) is 0 Å². The van der Waals surface area contributed by atoms with Gasteiger partial charge in [-0.3, -0.25) is 9.59 Å². The van der Waals surface area contributed by atoms with Crippen LogP contribution in [0.5, 0.6) is 5.75 Å². The molecule has 0 aliphatic carbocycles. The smallest absolute Gasteiger partial charge is 0.223 e. The molecule has 0 saturated carbocycles. The number of fused-ring (bicyclic) bond motifs is 2. The van der Waals surface area contributed by atoms with Crippen LogP contribution in [-0.2, 0) is 4.79 Å². The zero-order chi connectivity index (χ0) is 17.1. The molecule has 7 heteroatoms. The summed E-state index contributed by atoms with van der Waals surface area (Å²) in [4.78, 5) is 26.4. The molecule has 1 N–H and O–H groups in total. The van der Waals surface area contributed by atoms with Crippen LogP contribution in [0.15, 0.2) is 18.2 Å². The molecular weight excluding hydrogens is 347 g/mol. The van der Waals surface area contributed by atoms with Crippen LogP contribution >= 0.6 is 12.4 Å². The van der Waals surface area contributed by atoms with Gasteiger partial charge in [0, 0.05) is 43.6 Å². The van der Waals surface area contributed by atoms with E-state index in [1.54, 1.807) is 0 Å². The largest absolute Gasteiger partial charge is 0.494 e. The van der Waals surface area contributed by atoms with Crippen molar-refractivity contribution in [3.05, 3.63) is 29.6 Å². The maximum Gasteiger partial charge on any atom is 0.223 e. The van der Waals surface area contributed by atoms with Gasteiger partial charge >= 0.3 is 0 Å². The second kappa shape index (κ2) is 8.63. The van der Waals surface area contributed by atoms with Crippen LogP contribution in [0.4, 0.5) is 4.39 Å². The number of benzene rings is 1. The van der Waals surface area contributed by atoms with Gasteiger partial charge in [-0.05, 0) is 37.5 Å². The molecule has 0 spiro atoms. The first kappa shape index (κ1) is 19.7. The van der Waals surface area contributed by atoms with Crippen LogP contribution in [0, 0.1) is 5.82 Å². The molecule has 2 saturated heterocycles. The number of halogens is 2. The highest BCUT2D eigenvalue weighted by Crippen LogP contribution is 2.22. The van der Waals surface area contributed by atoms with E-state index in [0.717, 1.165) is 25.9 Å². The molecule has 138 valence electrons. The summed E-state index contributed by atoms with van der Waals surface area (Å²) in [5, 5.41) is 3.53. The Hall–Kier alpha value is -1.66. The van der Waals surface area contributed by atoms with Gasteiger partial charge in [-0.25, -0.2) is 4.39 Å². The van der Waals surface area contributed by atoms with Crippen LogP contribution in [0.1, 0.15) is 42.5 Å². The number of carbonyl (C=O) groups excluding carboxylic acids is 2. The molecule has 2 fully saturated rings. The Morgan fingerprint density at radius 1 is 1.24 bits per heavy atom. The number of hydrogen-bond acceptors (Lipinski definition) is 4. The fourth-order valence-corrected chi connectivity index (χ4v) is 3.53. The molecule has 2 aliphatic heterocycles. The summed E-state index contributed by atoms with van der Waals surface area (Å²) in [5.74, 6) is -0.676. The van der Waals surface area contributed by atoms with E-state index in [1.165, 1.54) is 31.7 Å². The minimum absolute atomic E-state index is 0. The lowest BCUT2D eigenvalue weighted by Gasteiger charge is -2.24. The lowest BCUT2D eigenvalue weighted by atomic mass is 10.0. The minimum atomic E-state index is -0.565. The monoisotopic (exact) mass is 370 g/mol. The second-order valence-electron chi connectivity index (χ2n) is 6.54. The Kier molecular flexibility index (Phi) is 6.79. The number of amides is 1. The molecule has 0 aromatic heterocycles. The Balaban J connectivity index is 0.00000225. The zero-order valence-electron chi connectivity index (χ0n) is 14.3. The SMILES string of the molecule is COc1ccc(C(=O)CCC(=O)N2CCC3CCC(C2)N3)cc1F.Cl. The van der Waals surface area contributed by atoms with Crippen LogP contribution in [0.2, 0.25) is 0 Å². The van der Waals surface area contributed by atoms with Gasteiger partial charge in [-0.15, -0.1) is 12.4 Å². The fraction of sp³-hybridized carbons (Fsp3) is 0.556. The van der Waals surface area contributed by atoms with Crippen molar-refractivity contribution in [2.75, 3.05) is 20.2 Å². The van der Waals surface area contributed by atoms with Gasteiger partial charge < -0.3 is 15.0 Å². The number of nitrogens with zero attached hydrogens (tertiary/aromatic N) is 1. The Labute approximate surface area is 153 Å². The van der Waals surface area contributed by atoms with Gasteiger partial charge in [0.05, 0.1) is 7.11 Å². The number of hydrogen-bond donors (Lipinski definition) is 1. The normalized spacial score (nSPS) is 22.1. The number of nitrogens with one attached hydrogen (secondary N) is 1. The van der Waals surface area contributed by atoms with Gasteiger partial charge in [0.15, 0.2) is 17.3 Å². The molecule has 25 heavy (non-hydrogen) atoms. The van der Waals surface area contributed by atoms with E-state index in [1.807, 2.05) is 4.90 Å². The molecule has 2 heterocycles. The first-order chi connectivity index (χ1) is 11.6. The van der Waals surface area contributed by atoms with E-state index in [9.17, 15) is 14.0 Å². The third kappa shape index (κ3) is 4.70. The molecule has 2 aliphatic rings. The second-order valence-corrected chi connectivity index (χ2v) is 6.54. The summed E-state index contributed by atoms with van der Waals surface area (Å²) >= 11 is 0. The maximum atomic E-state index is 13.7. The third-order valence-corrected chi connectivity index (χ3v) is 4.92. The Morgan fingerprint density at radius 2 is 2.00 bits per heavy atom. The molecule has 2 unspecified atom stereocenters. The number of likely N-dealkylation sites (tertiary alicyclic amines) is 1. The summed E-state index contributed by atoms with van der Waals surface area (Å²) in [5.41, 5.74) is 0.276. The standard InChI is InChI=1S/C18H23FN2O3.ClH/c1-24-17-6-2-12(10-15(17)19)16(22)5-7-18(23)21-9-8-13-3-4-14(11-21)20-13;/h2,6,10,13-14,20H,3-5,7-9,11H2,1H3;1H. The van der Waals surface area contributed by atoms with Gasteiger partial charge in [0.1, 0.15) is 0 Å². The number of rotatable bonds is 5. The van der Waals surface area contributed by atoms with Gasteiger partial charge in [0.2, 0.25) is 5.91 Å². The van der Waals surface area contributed by atoms with Crippen molar-refractivity contribution in [2.24, 2.45) is 0 Å². The fourth-order valence-electron chi connectivity index (χ4n) is 3.53. The van der Waals surface area contributed by atoms with Gasteiger partial charge in [-0.1, -0.05) is 0 Å². The molecule has 2 bridgehead atoms. The quantitative estimate of drug-likeness (QED) is 0.809. The van der Waals surface area contributed by atoms with Crippen molar-refractivity contribution in [2.45, 2.75) is 44.2 Å². The predicted octanol–water partition coefficient (Wildman–Crippen LogP) is 2.57. The maximum absolute atomic E-state index is 13.7. The summed E-state index contributed by atoms with van der Waals surface area (Å²) in [7, 11) is 1.38. The number of Topliss-reactive ketones (excluding diaryl/α,β-unsaturated/α-hetero) is 1. The number of ether oxygens (including phenoxy) is 1. The van der Waals surface area contributed by atoms with Crippen molar-refractivity contribution in [1.82, 2.24) is 10.2 Å². The summed E-state index contributed by atoms with van der Waals surface area (Å²) in [6.45, 7) is 1.47. The predicted molar refractivity (Wildman–Crippen MR) is 94.9 cm³/mol. The highest BCUT2D eigenvalue weighted by atomic mass is 35.5. The molecule has 5 nitrogen and oxygen atoms in total. The number of methoxy groups -OCH3 is 1. The molecule has 3 rings (SSSR count). The topological polar surface area (TPSA) is 58.6 Å². The van der Waals surface area contributed by atoms with Crippen molar-refractivity contribution < 1.29 is 18.7 Å². The van der Waals surface area contributed by atoms with E-state index in [2.05, 4.69) is 5.32 Å². The number of carbonyl (C=O) groups is 2. The average Bonchev–Trinajstić information content (AvgIpc) is 2.91. The summed E-state index contributed by atoms with van der Waals surface area (Å²) in [6, 6.07) is 5.04. The summed E-state index contributed by atoms with van der Waals surface area (Å²) in [6.07, 6.45) is 3.54. The van der Waals surface area contributed by atoms with Crippen molar-refractivity contribution in [3.63, 3.8) is 0 Å². The van der Waals surface area contributed by atoms with E-state index < -0.39 is 5.82 Å². The first-order valence-corrected chi connectivity index (χ1v) is 8.47. The number of ketones is 1. The zero-order valence-corrected chi connectivity index (χ0v) is 15.1. The molecule has 1 aromatic carbocycles. The summed E-state index contributed by atoms with van der Waals surface area (Å²) < 4.78 is 18.5. The lowest BCUT2D eigenvalue weighted by Crippen LogP contribution is -2.39.